The Morgan fingerprint density at radius 3 is 1.49 bits per heavy atom. The van der Waals surface area contributed by atoms with E-state index in [1.54, 1.807) is 44.4 Å². The molecule has 4 fully saturated rings. The van der Waals surface area contributed by atoms with Gasteiger partial charge in [0.1, 0.15) is 34.0 Å². The van der Waals surface area contributed by atoms with Crippen molar-refractivity contribution in [2.45, 2.75) is 100.0 Å². The molecule has 6 aromatic heterocycles. The highest BCUT2D eigenvalue weighted by atomic mass is 19.3. The van der Waals surface area contributed by atoms with Gasteiger partial charge < -0.3 is 48.6 Å². The summed E-state index contributed by atoms with van der Waals surface area (Å²) in [5, 5.41) is 18.2. The number of imidazole rings is 2. The quantitative estimate of drug-likeness (QED) is 0.107. The van der Waals surface area contributed by atoms with E-state index in [0.717, 1.165) is 95.9 Å². The predicted octanol–water partition coefficient (Wildman–Crippen LogP) is 8.03. The molecule has 386 valence electrons. The lowest BCUT2D eigenvalue weighted by atomic mass is 9.92. The van der Waals surface area contributed by atoms with Crippen LogP contribution >= 0.6 is 0 Å². The van der Waals surface area contributed by atoms with Crippen LogP contribution in [0.4, 0.5) is 29.5 Å². The number of halogens is 4. The molecule has 10 heterocycles. The number of aromatic nitrogens is 8. The van der Waals surface area contributed by atoms with E-state index in [9.17, 15) is 22.7 Å². The second-order valence-electron chi connectivity index (χ2n) is 20.9. The maximum absolute atomic E-state index is 13.2. The molecule has 8 atom stereocenters. The van der Waals surface area contributed by atoms with E-state index in [2.05, 4.69) is 40.4 Å². The van der Waals surface area contributed by atoms with Crippen molar-refractivity contribution in [3.8, 4) is 33.8 Å². The molecule has 2 aliphatic carbocycles. The Bertz CT molecular complexity index is 3450. The Morgan fingerprint density at radius 1 is 0.600 bits per heavy atom. The van der Waals surface area contributed by atoms with Crippen molar-refractivity contribution < 1.29 is 36.9 Å². The molecule has 4 bridgehead atoms. The van der Waals surface area contributed by atoms with Gasteiger partial charge in [-0.2, -0.15) is 17.6 Å². The molecular formula is C55H54F4N12O4. The zero-order valence-electron chi connectivity index (χ0n) is 41.3. The number of methoxy groups -OCH3 is 1. The minimum atomic E-state index is -2.94. The van der Waals surface area contributed by atoms with Gasteiger partial charge in [-0.25, -0.2) is 29.9 Å². The Labute approximate surface area is 428 Å². The van der Waals surface area contributed by atoms with Crippen molar-refractivity contribution in [1.29, 1.82) is 0 Å². The smallest absolute Gasteiger partial charge is 0.387 e. The highest BCUT2D eigenvalue weighted by molar-refractivity contribution is 5.67. The van der Waals surface area contributed by atoms with Crippen molar-refractivity contribution >= 4 is 23.2 Å². The normalized spacial score (nSPS) is 26.2. The van der Waals surface area contributed by atoms with Gasteiger partial charge in [-0.05, 0) is 75.9 Å². The Morgan fingerprint density at radius 2 is 1.05 bits per heavy atom. The standard InChI is InChI=1S/C28H28F2N6O2.C27H26F2N6O2/c1-28(37-2)10-21(20-5-3-4-6-22(20)38-26(29)30)24-25(28)34-23-8-7-16(14-36(23)24)17-11-32-27(33-12-17)35-15-18-9-19(35)13-31-18;1-27(36)9-20(19-4-2-3-5-21(19)37-25(28)29)23-24(27)33-22-7-6-15(13-35(22)23)16-10-31-26(32-11-16)34-14-17-8-18(34)12-30-17/h3-8,11-12,14,18-19,21,26,31H,9-10,13,15H2,1-2H3;2-7,10-11,13,17-18,20,25,30,36H,8-9,12,14H2,1H3/t18-,19-,21+,28?;17-,18-,20+,27?/m00/s1. The fourth-order valence-electron chi connectivity index (χ4n) is 12.6. The van der Waals surface area contributed by atoms with Crippen LogP contribution in [0.3, 0.4) is 0 Å². The summed E-state index contributed by atoms with van der Waals surface area (Å²) in [6.07, 6.45) is 14.5. The van der Waals surface area contributed by atoms with Crippen molar-refractivity contribution in [3.63, 3.8) is 0 Å². The fraction of sp³-hybridized carbons (Fsp3) is 0.382. The van der Waals surface area contributed by atoms with E-state index < -0.39 is 24.4 Å². The van der Waals surface area contributed by atoms with Crippen LogP contribution in [-0.4, -0.2) is 114 Å². The van der Waals surface area contributed by atoms with Crippen molar-refractivity contribution in [2.75, 3.05) is 43.1 Å². The number of anilines is 2. The maximum atomic E-state index is 13.2. The minimum absolute atomic E-state index is 0.104. The zero-order valence-corrected chi connectivity index (χ0v) is 41.3. The minimum Gasteiger partial charge on any atom is -0.435 e. The fourth-order valence-corrected chi connectivity index (χ4v) is 12.6. The summed E-state index contributed by atoms with van der Waals surface area (Å²) < 4.78 is 72.3. The first-order valence-electron chi connectivity index (χ1n) is 25.4. The second-order valence-corrected chi connectivity index (χ2v) is 20.9. The van der Waals surface area contributed by atoms with Crippen LogP contribution in [-0.2, 0) is 15.9 Å². The number of rotatable bonds is 11. The van der Waals surface area contributed by atoms with Crippen LogP contribution in [0.15, 0.2) is 110 Å². The zero-order chi connectivity index (χ0) is 51.3. The van der Waals surface area contributed by atoms with Gasteiger partial charge in [-0.1, -0.05) is 36.4 Å². The number of para-hydroxylation sites is 2. The van der Waals surface area contributed by atoms with Gasteiger partial charge >= 0.3 is 13.2 Å². The van der Waals surface area contributed by atoms with Crippen LogP contribution in [0, 0.1) is 0 Å². The monoisotopic (exact) mass is 1020 g/mol. The highest BCUT2D eigenvalue weighted by Gasteiger charge is 2.47. The third-order valence-corrected chi connectivity index (χ3v) is 16.2. The van der Waals surface area contributed by atoms with E-state index in [1.165, 1.54) is 6.07 Å². The number of piperazine rings is 2. The molecule has 0 spiro atoms. The van der Waals surface area contributed by atoms with Crippen LogP contribution in [0.5, 0.6) is 11.5 Å². The molecule has 20 heteroatoms. The van der Waals surface area contributed by atoms with Crippen LogP contribution in [0.1, 0.15) is 85.3 Å². The number of hydrogen-bond donors (Lipinski definition) is 3. The van der Waals surface area contributed by atoms with Gasteiger partial charge in [0.2, 0.25) is 11.9 Å². The average Bonchev–Trinajstić information content (AvgIpc) is 4.31. The lowest BCUT2D eigenvalue weighted by molar-refractivity contribution is -0.0514. The molecule has 0 amide bonds. The second kappa shape index (κ2) is 18.2. The Hall–Kier alpha value is -7.26. The number of benzene rings is 2. The SMILES string of the molecule is CC1(O)C[C@H](c2ccccc2OC(F)F)c2c1nc1ccc(-c3cnc(N4C[C@@H]5C[C@H]4CN5)nc3)cn21.COC1(C)C[C@H](c2ccccc2OC(F)F)c2c1nc1ccc(-c3cnc(N4C[C@@H]5C[C@H]4CN5)nc3)cn21. The Balaban J connectivity index is 0.000000144. The van der Waals surface area contributed by atoms with E-state index >= 15 is 0 Å². The number of ether oxygens (including phenoxy) is 3. The number of pyridine rings is 2. The van der Waals surface area contributed by atoms with Gasteiger partial charge in [0, 0.05) is 140 Å². The number of hydrogen-bond acceptors (Lipinski definition) is 14. The molecule has 4 saturated heterocycles. The summed E-state index contributed by atoms with van der Waals surface area (Å²) in [7, 11) is 1.66. The first-order valence-corrected chi connectivity index (χ1v) is 25.4. The molecule has 8 aromatic rings. The number of nitrogens with zero attached hydrogens (tertiary/aromatic N) is 10. The lowest BCUT2D eigenvalue weighted by Crippen LogP contribution is -2.44. The van der Waals surface area contributed by atoms with Crippen LogP contribution in [0.2, 0.25) is 0 Å². The molecule has 0 radical (unpaired) electrons. The number of fused-ring (bicyclic) bond motifs is 10. The van der Waals surface area contributed by atoms with Gasteiger partial charge in [0.25, 0.3) is 0 Å². The molecular weight excluding hydrogens is 969 g/mol. The van der Waals surface area contributed by atoms with Crippen molar-refractivity contribution in [1.82, 2.24) is 49.3 Å². The molecule has 2 aromatic carbocycles. The summed E-state index contributed by atoms with van der Waals surface area (Å²) in [5.74, 6) is 1.16. The topological polar surface area (TPSA) is 165 Å². The molecule has 2 unspecified atom stereocenters. The highest BCUT2D eigenvalue weighted by Crippen LogP contribution is 2.52. The van der Waals surface area contributed by atoms with Gasteiger partial charge in [0.05, 0.1) is 22.8 Å². The van der Waals surface area contributed by atoms with Crippen LogP contribution < -0.4 is 29.9 Å². The number of alkyl halides is 4. The molecule has 0 saturated carbocycles. The lowest BCUT2D eigenvalue weighted by Gasteiger charge is -2.27. The Kier molecular flexibility index (Phi) is 11.5. The molecule has 4 aliphatic heterocycles. The van der Waals surface area contributed by atoms with E-state index in [4.69, 9.17) is 24.2 Å². The van der Waals surface area contributed by atoms with Crippen molar-refractivity contribution in [3.05, 3.63) is 144 Å². The van der Waals surface area contributed by atoms with E-state index in [1.807, 2.05) is 89.3 Å². The number of aliphatic hydroxyl groups is 1. The summed E-state index contributed by atoms with van der Waals surface area (Å²) in [6.45, 7) is 1.66. The first kappa shape index (κ1) is 47.5. The van der Waals surface area contributed by atoms with Gasteiger partial charge in [-0.15, -0.1) is 0 Å². The first-order chi connectivity index (χ1) is 36.3. The van der Waals surface area contributed by atoms with E-state index in [0.29, 0.717) is 59.5 Å². The maximum Gasteiger partial charge on any atom is 0.387 e. The number of nitrogens with one attached hydrogen (secondary N) is 2. The summed E-state index contributed by atoms with van der Waals surface area (Å²) in [5.41, 5.74) is 7.45. The molecule has 16 nitrogen and oxygen atoms in total. The summed E-state index contributed by atoms with van der Waals surface area (Å²) in [6, 6.07) is 23.5. The molecule has 14 rings (SSSR count). The summed E-state index contributed by atoms with van der Waals surface area (Å²) in [4.78, 5) is 32.9. The largest absolute Gasteiger partial charge is 0.435 e. The summed E-state index contributed by atoms with van der Waals surface area (Å²) >= 11 is 0. The van der Waals surface area contributed by atoms with E-state index in [-0.39, 0.29) is 23.3 Å². The third kappa shape index (κ3) is 8.29. The van der Waals surface area contributed by atoms with Gasteiger partial charge in [0.15, 0.2) is 0 Å². The predicted molar refractivity (Wildman–Crippen MR) is 271 cm³/mol. The average molecular weight is 1020 g/mol. The molecule has 75 heavy (non-hydrogen) atoms. The van der Waals surface area contributed by atoms with Gasteiger partial charge in [-0.3, -0.25) is 0 Å². The third-order valence-electron chi connectivity index (χ3n) is 16.2. The molecule has 6 aliphatic rings. The van der Waals surface area contributed by atoms with Crippen molar-refractivity contribution in [2.24, 2.45) is 0 Å². The molecule has 3 N–H and O–H groups in total. The van der Waals surface area contributed by atoms with Crippen LogP contribution in [0.25, 0.3) is 33.5 Å².